The van der Waals surface area contributed by atoms with Gasteiger partial charge in [-0.1, -0.05) is 11.6 Å². The number of nitrogens with zero attached hydrogens (tertiary/aromatic N) is 3. The smallest absolute Gasteiger partial charge is 0.369 e. The third kappa shape index (κ3) is 5.48. The largest absolute Gasteiger partial charge is 0.408 e. The molecular formula is C26H28ClF3N4O2S. The van der Waals surface area contributed by atoms with Crippen molar-refractivity contribution >= 4 is 39.1 Å². The monoisotopic (exact) mass is 552 g/mol. The molecule has 5 rings (SSSR count). The van der Waals surface area contributed by atoms with Crippen molar-refractivity contribution < 1.29 is 22.7 Å². The number of likely N-dealkylation sites (tertiary alicyclic amines) is 1. The third-order valence-electron chi connectivity index (χ3n) is 6.93. The van der Waals surface area contributed by atoms with E-state index in [9.17, 15) is 18.0 Å². The van der Waals surface area contributed by atoms with Gasteiger partial charge in [0.1, 0.15) is 12.4 Å². The molecule has 1 N–H and O–H groups in total. The molecule has 198 valence electrons. The van der Waals surface area contributed by atoms with Crippen molar-refractivity contribution in [3.05, 3.63) is 45.6 Å². The lowest BCUT2D eigenvalue weighted by molar-refractivity contribution is -0.181. The second-order valence-electron chi connectivity index (χ2n) is 10.4. The van der Waals surface area contributed by atoms with Crippen LogP contribution >= 0.6 is 22.9 Å². The number of nitrogens with one attached hydrogen (secondary N) is 1. The highest BCUT2D eigenvalue weighted by atomic mass is 35.5. The van der Waals surface area contributed by atoms with Gasteiger partial charge < -0.3 is 15.0 Å². The van der Waals surface area contributed by atoms with Crippen molar-refractivity contribution in [2.75, 3.05) is 13.1 Å². The lowest BCUT2D eigenvalue weighted by Crippen LogP contribution is -2.51. The predicted octanol–water partition coefficient (Wildman–Crippen LogP) is 5.68. The summed E-state index contributed by atoms with van der Waals surface area (Å²) in [6, 6.07) is 3.77. The lowest BCUT2D eigenvalue weighted by atomic mass is 9.93. The number of rotatable bonds is 5. The van der Waals surface area contributed by atoms with Crippen LogP contribution in [0.25, 0.3) is 21.5 Å². The van der Waals surface area contributed by atoms with Crippen LogP contribution in [-0.4, -0.2) is 57.8 Å². The van der Waals surface area contributed by atoms with E-state index in [1.807, 2.05) is 19.1 Å². The quantitative estimate of drug-likeness (QED) is 0.441. The number of amides is 1. The number of aromatic nitrogens is 2. The molecule has 0 bridgehead atoms. The van der Waals surface area contributed by atoms with Crippen LogP contribution in [0.4, 0.5) is 13.2 Å². The molecule has 1 amide bonds. The number of thiophene rings is 1. The van der Waals surface area contributed by atoms with Crippen LogP contribution in [0.2, 0.25) is 5.02 Å². The minimum Gasteiger partial charge on any atom is -0.369 e. The number of carbonyl (C=O) groups excluding carboxylic acids is 1. The van der Waals surface area contributed by atoms with Crippen LogP contribution in [0.5, 0.6) is 0 Å². The van der Waals surface area contributed by atoms with Crippen molar-refractivity contribution in [2.45, 2.75) is 70.5 Å². The van der Waals surface area contributed by atoms with Gasteiger partial charge in [0.2, 0.25) is 5.91 Å². The van der Waals surface area contributed by atoms with E-state index < -0.39 is 18.1 Å². The Morgan fingerprint density at radius 1 is 1.27 bits per heavy atom. The first-order valence-corrected chi connectivity index (χ1v) is 13.4. The fourth-order valence-corrected chi connectivity index (χ4v) is 6.66. The Bertz CT molecular complexity index is 1340. The van der Waals surface area contributed by atoms with Gasteiger partial charge in [-0.2, -0.15) is 13.2 Å². The molecule has 0 radical (unpaired) electrons. The van der Waals surface area contributed by atoms with E-state index in [1.54, 1.807) is 6.07 Å². The van der Waals surface area contributed by atoms with Crippen molar-refractivity contribution in [3.63, 3.8) is 0 Å². The number of carbonyl (C=O) groups is 1. The SMILES string of the molecule is Cc1cc(Cl)cc(-c2ncnc3cc(CN4C(=O)CCC4C(F)(F)F)sc23)c1CC1CNCC(C)(C)O1. The molecule has 0 spiro atoms. The molecule has 2 saturated heterocycles. The lowest BCUT2D eigenvalue weighted by Gasteiger charge is -2.37. The van der Waals surface area contributed by atoms with Gasteiger partial charge in [-0.05, 0) is 56.5 Å². The Balaban J connectivity index is 1.51. The molecule has 2 aromatic heterocycles. The standard InChI is InChI=1S/C26H28ClF3N4O2S/c1-14-6-15(27)7-19(18(14)8-16-10-31-12-25(2,3)36-16)23-24-20(32-13-33-23)9-17(37-24)11-34-21(26(28,29)30)4-5-22(34)35/h6-7,9,13,16,21,31H,4-5,8,10-12H2,1-3H3. The van der Waals surface area contributed by atoms with Gasteiger partial charge in [-0.3, -0.25) is 4.79 Å². The van der Waals surface area contributed by atoms with Crippen LogP contribution in [0, 0.1) is 6.92 Å². The van der Waals surface area contributed by atoms with Crippen LogP contribution < -0.4 is 5.32 Å². The van der Waals surface area contributed by atoms with Crippen molar-refractivity contribution in [1.29, 1.82) is 0 Å². The maximum atomic E-state index is 13.5. The number of fused-ring (bicyclic) bond motifs is 1. The number of hydrogen-bond acceptors (Lipinski definition) is 6. The topological polar surface area (TPSA) is 67.4 Å². The summed E-state index contributed by atoms with van der Waals surface area (Å²) in [7, 11) is 0. The van der Waals surface area contributed by atoms with E-state index in [1.165, 1.54) is 17.7 Å². The molecule has 2 atom stereocenters. The molecule has 3 aromatic rings. The zero-order chi connectivity index (χ0) is 26.5. The van der Waals surface area contributed by atoms with Gasteiger partial charge in [0.05, 0.1) is 34.2 Å². The van der Waals surface area contributed by atoms with Crippen LogP contribution in [-0.2, 0) is 22.5 Å². The summed E-state index contributed by atoms with van der Waals surface area (Å²) in [5.74, 6) is -0.483. The van der Waals surface area contributed by atoms with Crippen LogP contribution in [0.15, 0.2) is 24.5 Å². The highest BCUT2D eigenvalue weighted by Gasteiger charge is 2.49. The number of hydrogen-bond donors (Lipinski definition) is 1. The summed E-state index contributed by atoms with van der Waals surface area (Å²) >= 11 is 7.78. The molecule has 0 saturated carbocycles. The second kappa shape index (κ2) is 9.80. The van der Waals surface area contributed by atoms with Crippen molar-refractivity contribution in [1.82, 2.24) is 20.2 Å². The maximum Gasteiger partial charge on any atom is 0.408 e. The molecule has 37 heavy (non-hydrogen) atoms. The Hall–Kier alpha value is -2.27. The Morgan fingerprint density at radius 3 is 2.78 bits per heavy atom. The summed E-state index contributed by atoms with van der Waals surface area (Å²) in [5.41, 5.74) is 3.92. The molecule has 11 heteroatoms. The van der Waals surface area contributed by atoms with E-state index in [0.29, 0.717) is 27.5 Å². The Labute approximate surface area is 222 Å². The summed E-state index contributed by atoms with van der Waals surface area (Å²) < 4.78 is 47.6. The minimum absolute atomic E-state index is 0.0425. The highest BCUT2D eigenvalue weighted by Crippen LogP contribution is 2.39. The van der Waals surface area contributed by atoms with Gasteiger partial charge in [-0.25, -0.2) is 9.97 Å². The number of morpholine rings is 1. The van der Waals surface area contributed by atoms with Crippen LogP contribution in [0.3, 0.4) is 0 Å². The predicted molar refractivity (Wildman–Crippen MR) is 138 cm³/mol. The van der Waals surface area contributed by atoms with E-state index in [-0.39, 0.29) is 31.1 Å². The molecule has 2 unspecified atom stereocenters. The molecule has 4 heterocycles. The zero-order valence-corrected chi connectivity index (χ0v) is 22.4. The van der Waals surface area contributed by atoms with Crippen molar-refractivity contribution in [3.8, 4) is 11.3 Å². The Morgan fingerprint density at radius 2 is 2.05 bits per heavy atom. The first-order chi connectivity index (χ1) is 17.4. The van der Waals surface area contributed by atoms with Gasteiger partial charge >= 0.3 is 6.18 Å². The zero-order valence-electron chi connectivity index (χ0n) is 20.8. The normalized spacial score (nSPS) is 22.2. The molecule has 2 aliphatic rings. The fourth-order valence-electron chi connectivity index (χ4n) is 5.28. The van der Waals surface area contributed by atoms with Gasteiger partial charge in [0.25, 0.3) is 0 Å². The summed E-state index contributed by atoms with van der Waals surface area (Å²) in [4.78, 5) is 22.8. The molecule has 0 aliphatic carbocycles. The van der Waals surface area contributed by atoms with E-state index in [4.69, 9.17) is 16.3 Å². The number of alkyl halides is 3. The number of aryl methyl sites for hydroxylation is 1. The summed E-state index contributed by atoms with van der Waals surface area (Å²) in [6.07, 6.45) is -2.70. The van der Waals surface area contributed by atoms with Gasteiger partial charge in [0, 0.05) is 41.4 Å². The average Bonchev–Trinajstić information content (AvgIpc) is 3.38. The summed E-state index contributed by atoms with van der Waals surface area (Å²) in [6.45, 7) is 7.49. The molecule has 2 fully saturated rings. The van der Waals surface area contributed by atoms with Crippen molar-refractivity contribution in [2.24, 2.45) is 0 Å². The van der Waals surface area contributed by atoms with E-state index in [2.05, 4.69) is 29.1 Å². The van der Waals surface area contributed by atoms with Gasteiger partial charge in [0.15, 0.2) is 0 Å². The van der Waals surface area contributed by atoms with Gasteiger partial charge in [-0.15, -0.1) is 11.3 Å². The average molecular weight is 553 g/mol. The van der Waals surface area contributed by atoms with E-state index >= 15 is 0 Å². The van der Waals surface area contributed by atoms with Crippen LogP contribution in [0.1, 0.15) is 42.7 Å². The van der Waals surface area contributed by atoms with E-state index in [0.717, 1.165) is 39.4 Å². The Kier molecular flexibility index (Phi) is 6.97. The molecule has 2 aliphatic heterocycles. The first kappa shape index (κ1) is 26.3. The fraction of sp³-hybridized carbons (Fsp3) is 0.500. The minimum atomic E-state index is -4.45. The first-order valence-electron chi connectivity index (χ1n) is 12.2. The highest BCUT2D eigenvalue weighted by molar-refractivity contribution is 7.19. The number of halogens is 4. The third-order valence-corrected chi connectivity index (χ3v) is 8.26. The number of benzene rings is 1. The molecule has 1 aromatic carbocycles. The molecular weight excluding hydrogens is 525 g/mol. The number of ether oxygens (including phenoxy) is 1. The second-order valence-corrected chi connectivity index (χ2v) is 11.9. The maximum absolute atomic E-state index is 13.5. The molecule has 6 nitrogen and oxygen atoms in total. The summed E-state index contributed by atoms with van der Waals surface area (Å²) in [5, 5.41) is 4.00.